The van der Waals surface area contributed by atoms with Crippen LogP contribution < -0.4 is 5.32 Å². The lowest BCUT2D eigenvalue weighted by Gasteiger charge is -2.16. The van der Waals surface area contributed by atoms with Gasteiger partial charge in [-0.15, -0.1) is 4.36 Å². The van der Waals surface area contributed by atoms with Gasteiger partial charge < -0.3 is 5.32 Å². The molecule has 0 fully saturated rings. The minimum absolute atomic E-state index is 0.150. The van der Waals surface area contributed by atoms with Crippen molar-refractivity contribution in [3.05, 3.63) is 52.0 Å². The average molecular weight is 413 g/mol. The third kappa shape index (κ3) is 5.23. The number of allylic oxidation sites excluding steroid dienone is 3. The van der Waals surface area contributed by atoms with E-state index in [2.05, 4.69) is 9.68 Å². The number of urea groups is 1. The Morgan fingerprint density at radius 2 is 2.04 bits per heavy atom. The molecule has 1 aliphatic carbocycles. The summed E-state index contributed by atoms with van der Waals surface area (Å²) in [6.07, 6.45) is 1.79. The molecule has 1 N–H and O–H groups in total. The minimum atomic E-state index is -4.66. The Labute approximate surface area is 152 Å². The summed E-state index contributed by atoms with van der Waals surface area (Å²) in [6, 6.07) is 1.90. The molecule has 2 unspecified atom stereocenters. The van der Waals surface area contributed by atoms with Crippen molar-refractivity contribution in [2.45, 2.75) is 17.8 Å². The van der Waals surface area contributed by atoms with Crippen LogP contribution in [0.1, 0.15) is 12.0 Å². The highest BCUT2D eigenvalue weighted by Gasteiger charge is 2.33. The Morgan fingerprint density at radius 3 is 2.60 bits per heavy atom. The topological polar surface area (TPSA) is 58.5 Å². The van der Waals surface area contributed by atoms with E-state index in [1.807, 2.05) is 0 Å². The van der Waals surface area contributed by atoms with Gasteiger partial charge in [-0.2, -0.15) is 13.2 Å². The first-order valence-electron chi connectivity index (χ1n) is 6.91. The van der Waals surface area contributed by atoms with Gasteiger partial charge in [0.15, 0.2) is 0 Å². The summed E-state index contributed by atoms with van der Waals surface area (Å²) in [6.45, 7) is 0. The number of rotatable bonds is 2. The first-order chi connectivity index (χ1) is 11.5. The SMILES string of the molecule is CS(=O)(=NC(=O)Nc1ccc(Cl)c(C(F)(F)F)c1)C1C=CC(Cl)=CC1. The zero-order valence-electron chi connectivity index (χ0n) is 12.8. The van der Waals surface area contributed by atoms with E-state index in [1.54, 1.807) is 18.2 Å². The molecule has 10 heteroatoms. The molecule has 2 rings (SSSR count). The summed E-state index contributed by atoms with van der Waals surface area (Å²) in [7, 11) is -2.95. The summed E-state index contributed by atoms with van der Waals surface area (Å²) in [4.78, 5) is 11.9. The van der Waals surface area contributed by atoms with Crippen LogP contribution in [0.2, 0.25) is 5.02 Å². The van der Waals surface area contributed by atoms with Crippen molar-refractivity contribution >= 4 is 44.6 Å². The van der Waals surface area contributed by atoms with Crippen LogP contribution in [0.25, 0.3) is 0 Å². The molecule has 0 bridgehead atoms. The maximum Gasteiger partial charge on any atom is 0.417 e. The van der Waals surface area contributed by atoms with Crippen LogP contribution in [-0.4, -0.2) is 21.7 Å². The summed E-state index contributed by atoms with van der Waals surface area (Å²) in [5.41, 5.74) is -1.23. The molecule has 0 heterocycles. The predicted molar refractivity (Wildman–Crippen MR) is 93.4 cm³/mol. The van der Waals surface area contributed by atoms with Gasteiger partial charge in [0.1, 0.15) is 0 Å². The van der Waals surface area contributed by atoms with Crippen LogP contribution in [0.3, 0.4) is 0 Å². The standard InChI is InChI=1S/C15H13Cl2F3N2O2S/c1-25(24,11-5-2-9(16)3-6-11)22-14(23)21-10-4-7-13(17)12(8-10)15(18,19)20/h2-5,7-8,11H,6H2,1H3,(H,21,23). The van der Waals surface area contributed by atoms with Gasteiger partial charge >= 0.3 is 12.2 Å². The second kappa shape index (κ2) is 7.39. The van der Waals surface area contributed by atoms with Crippen molar-refractivity contribution in [2.24, 2.45) is 4.36 Å². The van der Waals surface area contributed by atoms with E-state index in [1.165, 1.54) is 12.3 Å². The maximum absolute atomic E-state index is 12.8. The molecule has 1 aliphatic rings. The summed E-state index contributed by atoms with van der Waals surface area (Å²) >= 11 is 11.3. The Balaban J connectivity index is 2.20. The summed E-state index contributed by atoms with van der Waals surface area (Å²) < 4.78 is 54.6. The third-order valence-corrected chi connectivity index (χ3v) is 5.98. The number of carbonyl (C=O) groups is 1. The van der Waals surface area contributed by atoms with Gasteiger partial charge in [-0.3, -0.25) is 0 Å². The number of hydrogen-bond acceptors (Lipinski definition) is 2. The molecular formula is C15H13Cl2F3N2O2S. The molecule has 136 valence electrons. The Kier molecular flexibility index (Phi) is 5.86. The molecule has 0 saturated carbocycles. The molecule has 25 heavy (non-hydrogen) atoms. The minimum Gasteiger partial charge on any atom is -0.306 e. The molecule has 0 spiro atoms. The van der Waals surface area contributed by atoms with Gasteiger partial charge in [-0.05, 0) is 30.7 Å². The van der Waals surface area contributed by atoms with Crippen LogP contribution >= 0.6 is 23.2 Å². The largest absolute Gasteiger partial charge is 0.417 e. The van der Waals surface area contributed by atoms with E-state index in [-0.39, 0.29) is 5.69 Å². The highest BCUT2D eigenvalue weighted by molar-refractivity contribution is 7.94. The normalized spacial score (nSPS) is 19.8. The molecule has 1 aromatic carbocycles. The van der Waals surface area contributed by atoms with E-state index in [0.717, 1.165) is 6.07 Å². The summed E-state index contributed by atoms with van der Waals surface area (Å²) in [5.74, 6) is 0. The fourth-order valence-electron chi connectivity index (χ4n) is 2.10. The number of halogens is 5. The first-order valence-corrected chi connectivity index (χ1v) is 9.66. The lowest BCUT2D eigenvalue weighted by Crippen LogP contribution is -2.21. The van der Waals surface area contributed by atoms with Crippen molar-refractivity contribution in [2.75, 3.05) is 11.6 Å². The molecule has 0 saturated heterocycles. The quantitative estimate of drug-likeness (QED) is 0.702. The Hall–Kier alpha value is -1.51. The summed E-state index contributed by atoms with van der Waals surface area (Å²) in [5, 5.41) is 1.67. The Morgan fingerprint density at radius 1 is 1.36 bits per heavy atom. The van der Waals surface area contributed by atoms with Gasteiger partial charge in [0, 0.05) is 17.0 Å². The van der Waals surface area contributed by atoms with Gasteiger partial charge in [-0.1, -0.05) is 35.4 Å². The van der Waals surface area contributed by atoms with Crippen molar-refractivity contribution in [3.8, 4) is 0 Å². The van der Waals surface area contributed by atoms with Gasteiger partial charge in [-0.25, -0.2) is 9.00 Å². The maximum atomic E-state index is 12.8. The van der Waals surface area contributed by atoms with Crippen LogP contribution in [-0.2, 0) is 15.9 Å². The molecule has 2 atom stereocenters. The number of hydrogen-bond donors (Lipinski definition) is 1. The molecular weight excluding hydrogens is 400 g/mol. The lowest BCUT2D eigenvalue weighted by molar-refractivity contribution is -0.137. The van der Waals surface area contributed by atoms with E-state index in [0.29, 0.717) is 17.5 Å². The fourth-order valence-corrected chi connectivity index (χ4v) is 3.82. The van der Waals surface area contributed by atoms with E-state index in [4.69, 9.17) is 23.2 Å². The molecule has 0 radical (unpaired) electrons. The molecule has 2 amide bonds. The fraction of sp³-hybridized carbons (Fsp3) is 0.267. The monoisotopic (exact) mass is 412 g/mol. The number of benzene rings is 1. The number of nitrogens with one attached hydrogen (secondary N) is 1. The lowest BCUT2D eigenvalue weighted by atomic mass is 10.2. The van der Waals surface area contributed by atoms with E-state index >= 15 is 0 Å². The zero-order valence-corrected chi connectivity index (χ0v) is 15.1. The van der Waals surface area contributed by atoms with Crippen molar-refractivity contribution in [1.29, 1.82) is 0 Å². The van der Waals surface area contributed by atoms with Gasteiger partial charge in [0.05, 0.1) is 25.6 Å². The van der Waals surface area contributed by atoms with Gasteiger partial charge in [0.25, 0.3) is 0 Å². The average Bonchev–Trinajstić information content (AvgIpc) is 2.48. The Bertz CT molecular complexity index is 872. The molecule has 0 aromatic heterocycles. The van der Waals surface area contributed by atoms with Crippen LogP contribution in [0.4, 0.5) is 23.7 Å². The smallest absolute Gasteiger partial charge is 0.306 e. The molecule has 4 nitrogen and oxygen atoms in total. The first kappa shape index (κ1) is 19.8. The van der Waals surface area contributed by atoms with Crippen molar-refractivity contribution < 1.29 is 22.2 Å². The van der Waals surface area contributed by atoms with Crippen LogP contribution in [0.5, 0.6) is 0 Å². The highest BCUT2D eigenvalue weighted by atomic mass is 35.5. The number of anilines is 1. The number of carbonyl (C=O) groups excluding carboxylic acids is 1. The van der Waals surface area contributed by atoms with Gasteiger partial charge in [0.2, 0.25) is 0 Å². The van der Waals surface area contributed by atoms with Crippen LogP contribution in [0.15, 0.2) is 45.8 Å². The second-order valence-electron chi connectivity index (χ2n) is 5.30. The van der Waals surface area contributed by atoms with Crippen molar-refractivity contribution in [3.63, 3.8) is 0 Å². The van der Waals surface area contributed by atoms with E-state index < -0.39 is 37.8 Å². The highest BCUT2D eigenvalue weighted by Crippen LogP contribution is 2.36. The molecule has 1 aromatic rings. The third-order valence-electron chi connectivity index (χ3n) is 3.36. The molecule has 0 aliphatic heterocycles. The number of alkyl halides is 3. The number of nitrogens with zero attached hydrogens (tertiary/aromatic N) is 1. The van der Waals surface area contributed by atoms with E-state index in [9.17, 15) is 22.2 Å². The zero-order chi connectivity index (χ0) is 18.8. The van der Waals surface area contributed by atoms with Crippen molar-refractivity contribution in [1.82, 2.24) is 0 Å². The second-order valence-corrected chi connectivity index (χ2v) is 8.65. The van der Waals surface area contributed by atoms with Crippen LogP contribution in [0, 0.1) is 0 Å². The number of amides is 2. The predicted octanol–water partition coefficient (Wildman–Crippen LogP) is 5.44.